The van der Waals surface area contributed by atoms with Gasteiger partial charge >= 0.3 is 6.18 Å². The number of hydrogen-bond acceptors (Lipinski definition) is 7. The van der Waals surface area contributed by atoms with Crippen molar-refractivity contribution in [1.82, 2.24) is 14.5 Å². The monoisotopic (exact) mass is 616 g/mol. The largest absolute Gasteiger partial charge is 0.401 e. The number of pyridine rings is 1. The van der Waals surface area contributed by atoms with Crippen LogP contribution in [0.25, 0.3) is 11.6 Å². The standard InChI is InChI=1S/C30H41F3N6OS.C2H2/c1-8-34-36(6)20-41-27-12-10-9-11-26(27)35-23(5)22(4)24-18-28(37(7)29(40)25(24)17-21(2)3)39-15-13-38(14-16-39)19-30(31,32)33;1-2/h8-12,17-18,23,35H,2,13-16,19-20H2,1,3-7H3;1-2H/b24-22+,25-17+,34-8-;/t23-;/m1./s1. The van der Waals surface area contributed by atoms with Crippen LogP contribution >= 0.6 is 11.8 Å². The molecule has 1 aromatic carbocycles. The molecule has 1 atom stereocenters. The fourth-order valence-corrected chi connectivity index (χ4v) is 5.64. The second-order valence-electron chi connectivity index (χ2n) is 10.4. The molecule has 3 rings (SSSR count). The van der Waals surface area contributed by atoms with Crippen LogP contribution in [0.4, 0.5) is 24.7 Å². The molecule has 1 aliphatic heterocycles. The third-order valence-electron chi connectivity index (χ3n) is 6.99. The number of nitrogens with zero attached hydrogens (tertiary/aromatic N) is 5. The highest BCUT2D eigenvalue weighted by atomic mass is 32.2. The molecule has 2 aromatic rings. The Morgan fingerprint density at radius 2 is 1.84 bits per heavy atom. The molecule has 1 N–H and O–H groups in total. The molecule has 0 bridgehead atoms. The maximum Gasteiger partial charge on any atom is 0.401 e. The van der Waals surface area contributed by atoms with Crippen molar-refractivity contribution >= 4 is 41.1 Å². The zero-order valence-electron chi connectivity index (χ0n) is 25.9. The van der Waals surface area contributed by atoms with E-state index >= 15 is 0 Å². The molecule has 0 spiro atoms. The number of terminal acetylenes is 1. The molecule has 234 valence electrons. The maximum absolute atomic E-state index is 13.6. The third kappa shape index (κ3) is 10.3. The first kappa shape index (κ1) is 35.6. The summed E-state index contributed by atoms with van der Waals surface area (Å²) < 4.78 is 40.3. The van der Waals surface area contributed by atoms with Gasteiger partial charge in [0, 0.05) is 68.3 Å². The fraction of sp³-hybridized carbons (Fsp3) is 0.438. The van der Waals surface area contributed by atoms with Crippen molar-refractivity contribution in [1.29, 1.82) is 0 Å². The van der Waals surface area contributed by atoms with Crippen LogP contribution in [0.1, 0.15) is 27.7 Å². The van der Waals surface area contributed by atoms with Gasteiger partial charge in [0.05, 0.1) is 12.4 Å². The molecule has 7 nitrogen and oxygen atoms in total. The highest BCUT2D eigenvalue weighted by Gasteiger charge is 2.32. The predicted molar refractivity (Wildman–Crippen MR) is 176 cm³/mol. The Hall–Kier alpha value is -3.62. The lowest BCUT2D eigenvalue weighted by Gasteiger charge is -2.37. The first-order valence-corrected chi connectivity index (χ1v) is 14.9. The minimum absolute atomic E-state index is 0.121. The van der Waals surface area contributed by atoms with E-state index in [1.807, 2.05) is 62.0 Å². The maximum atomic E-state index is 13.6. The van der Waals surface area contributed by atoms with Gasteiger partial charge in [-0.1, -0.05) is 24.3 Å². The van der Waals surface area contributed by atoms with Gasteiger partial charge in [0.25, 0.3) is 5.56 Å². The van der Waals surface area contributed by atoms with Crippen LogP contribution in [0.3, 0.4) is 0 Å². The van der Waals surface area contributed by atoms with Crippen LogP contribution in [-0.2, 0) is 7.05 Å². The van der Waals surface area contributed by atoms with E-state index in [0.29, 0.717) is 30.0 Å². The molecule has 0 amide bonds. The number of anilines is 2. The van der Waals surface area contributed by atoms with Crippen LogP contribution in [-0.4, -0.2) is 78.6 Å². The molecule has 0 unspecified atom stereocenters. The van der Waals surface area contributed by atoms with Crippen molar-refractivity contribution in [2.75, 3.05) is 55.9 Å². The number of rotatable bonds is 10. The van der Waals surface area contributed by atoms with E-state index in [1.165, 1.54) is 4.90 Å². The Kier molecular flexibility index (Phi) is 13.5. The molecule has 1 saturated heterocycles. The van der Waals surface area contributed by atoms with Crippen molar-refractivity contribution in [3.63, 3.8) is 0 Å². The van der Waals surface area contributed by atoms with E-state index in [9.17, 15) is 18.0 Å². The van der Waals surface area contributed by atoms with E-state index in [2.05, 4.69) is 42.8 Å². The second kappa shape index (κ2) is 16.3. The Morgan fingerprint density at radius 3 is 2.42 bits per heavy atom. The highest BCUT2D eigenvalue weighted by Crippen LogP contribution is 2.28. The van der Waals surface area contributed by atoms with Gasteiger partial charge in [0.15, 0.2) is 0 Å². The van der Waals surface area contributed by atoms with Crippen LogP contribution in [0, 0.1) is 12.8 Å². The van der Waals surface area contributed by atoms with E-state index in [1.54, 1.807) is 35.7 Å². The molecular weight excluding hydrogens is 573 g/mol. The highest BCUT2D eigenvalue weighted by molar-refractivity contribution is 7.99. The minimum Gasteiger partial charge on any atom is -0.378 e. The molecule has 2 heterocycles. The van der Waals surface area contributed by atoms with Crippen molar-refractivity contribution in [3.05, 3.63) is 63.3 Å². The number of benzene rings is 1. The number of halogens is 3. The summed E-state index contributed by atoms with van der Waals surface area (Å²) in [6.45, 7) is 12.2. The first-order valence-electron chi connectivity index (χ1n) is 13.9. The number of nitrogens with one attached hydrogen (secondary N) is 1. The number of allylic oxidation sites excluding steroid dienone is 1. The molecule has 0 aliphatic carbocycles. The van der Waals surface area contributed by atoms with Gasteiger partial charge in [0.2, 0.25) is 0 Å². The van der Waals surface area contributed by atoms with E-state index in [-0.39, 0.29) is 24.7 Å². The van der Waals surface area contributed by atoms with Crippen molar-refractivity contribution < 1.29 is 13.2 Å². The quantitative estimate of drug-likeness (QED) is 0.141. The Morgan fingerprint density at radius 1 is 1.21 bits per heavy atom. The molecule has 1 aliphatic rings. The number of hydrazone groups is 1. The average molecular weight is 617 g/mol. The van der Waals surface area contributed by atoms with Crippen LogP contribution < -0.4 is 26.2 Å². The molecule has 11 heteroatoms. The van der Waals surface area contributed by atoms with Crippen LogP contribution in [0.2, 0.25) is 0 Å². The summed E-state index contributed by atoms with van der Waals surface area (Å²) in [5.41, 5.74) is 2.54. The minimum atomic E-state index is -4.23. The number of aromatic nitrogens is 1. The van der Waals surface area contributed by atoms with Gasteiger partial charge in [-0.05, 0) is 62.8 Å². The van der Waals surface area contributed by atoms with E-state index in [4.69, 9.17) is 0 Å². The van der Waals surface area contributed by atoms with Crippen molar-refractivity contribution in [2.24, 2.45) is 12.1 Å². The number of thioether (sulfide) groups is 1. The lowest BCUT2D eigenvalue weighted by atomic mass is 10.0. The molecule has 0 saturated carbocycles. The molecular formula is C32H43F3N6OS. The lowest BCUT2D eigenvalue weighted by Crippen LogP contribution is -2.53. The van der Waals surface area contributed by atoms with Crippen molar-refractivity contribution in [2.45, 2.75) is 44.8 Å². The molecule has 1 aromatic heterocycles. The average Bonchev–Trinajstić information content (AvgIpc) is 2.95. The normalized spacial score (nSPS) is 16.0. The second-order valence-corrected chi connectivity index (χ2v) is 11.4. The topological polar surface area (TPSA) is 56.1 Å². The number of piperazine rings is 1. The summed E-state index contributed by atoms with van der Waals surface area (Å²) in [7, 11) is 3.64. The van der Waals surface area contributed by atoms with Gasteiger partial charge in [-0.15, -0.1) is 24.6 Å². The summed E-state index contributed by atoms with van der Waals surface area (Å²) in [6.07, 6.45) is 7.33. The van der Waals surface area contributed by atoms with Crippen LogP contribution in [0.5, 0.6) is 0 Å². The number of hydrogen-bond donors (Lipinski definition) is 1. The SMILES string of the molecule is C#C.C=C(C)/C=c1/c(=O)n(C)c(N2CCN(CC(F)(F)F)CC2)c/c1=C(/C)[C@@H](C)Nc1ccccc1SCN(C)/N=C\C. The third-order valence-corrected chi connectivity index (χ3v) is 8.15. The van der Waals surface area contributed by atoms with Gasteiger partial charge in [-0.25, -0.2) is 0 Å². The molecule has 0 radical (unpaired) electrons. The summed E-state index contributed by atoms with van der Waals surface area (Å²) in [6, 6.07) is 9.95. The van der Waals surface area contributed by atoms with Gasteiger partial charge < -0.3 is 10.2 Å². The van der Waals surface area contributed by atoms with E-state index in [0.717, 1.165) is 26.9 Å². The molecule has 43 heavy (non-hydrogen) atoms. The zero-order valence-corrected chi connectivity index (χ0v) is 26.7. The Balaban J connectivity index is 0.00000316. The summed E-state index contributed by atoms with van der Waals surface area (Å²) in [4.78, 5) is 18.1. The lowest BCUT2D eigenvalue weighted by molar-refractivity contribution is -0.146. The Bertz CT molecular complexity index is 1470. The predicted octanol–water partition coefficient (Wildman–Crippen LogP) is 4.33. The smallest absolute Gasteiger partial charge is 0.378 e. The summed E-state index contributed by atoms with van der Waals surface area (Å²) in [5, 5.41) is 11.1. The van der Waals surface area contributed by atoms with Gasteiger partial charge in [-0.2, -0.15) is 18.3 Å². The van der Waals surface area contributed by atoms with E-state index < -0.39 is 12.7 Å². The Labute approximate surface area is 257 Å². The first-order chi connectivity index (χ1) is 20.3. The summed E-state index contributed by atoms with van der Waals surface area (Å²) in [5.74, 6) is 1.38. The van der Waals surface area contributed by atoms with Crippen LogP contribution in [0.15, 0.2) is 57.3 Å². The summed E-state index contributed by atoms with van der Waals surface area (Å²) >= 11 is 1.67. The van der Waals surface area contributed by atoms with Crippen molar-refractivity contribution in [3.8, 4) is 12.8 Å². The van der Waals surface area contributed by atoms with Gasteiger partial charge in [0.1, 0.15) is 5.82 Å². The zero-order chi connectivity index (χ0) is 32.3. The van der Waals surface area contributed by atoms with Gasteiger partial charge in [-0.3, -0.25) is 19.3 Å². The fourth-order valence-electron chi connectivity index (χ4n) is 4.79. The number of alkyl halides is 3. The number of para-hydroxylation sites is 1. The molecule has 1 fully saturated rings.